The minimum Gasteiger partial charge on any atom is -0.396 e. The molecule has 102 valence electrons. The van der Waals surface area contributed by atoms with Gasteiger partial charge in [0, 0.05) is 24.4 Å². The SMILES string of the molecule is CC(CCO)CNC(=O)c1ccc2c(c1)CC(=O)N2. The van der Waals surface area contributed by atoms with E-state index >= 15 is 0 Å². The number of benzene rings is 1. The van der Waals surface area contributed by atoms with Gasteiger partial charge in [0.1, 0.15) is 0 Å². The van der Waals surface area contributed by atoms with Crippen LogP contribution in [-0.2, 0) is 11.2 Å². The Morgan fingerprint density at radius 1 is 1.53 bits per heavy atom. The molecule has 1 aromatic rings. The second-order valence-corrected chi connectivity index (χ2v) is 4.92. The normalized spacial score (nSPS) is 14.7. The zero-order valence-corrected chi connectivity index (χ0v) is 10.9. The summed E-state index contributed by atoms with van der Waals surface area (Å²) in [6.45, 7) is 2.64. The first-order valence-electron chi connectivity index (χ1n) is 6.42. The maximum absolute atomic E-state index is 12.0. The first-order chi connectivity index (χ1) is 9.10. The number of carbonyl (C=O) groups is 2. The molecule has 0 fully saturated rings. The molecule has 5 heteroatoms. The summed E-state index contributed by atoms with van der Waals surface area (Å²) in [6, 6.07) is 5.21. The average Bonchev–Trinajstić information content (AvgIpc) is 2.75. The lowest BCUT2D eigenvalue weighted by Gasteiger charge is -2.11. The van der Waals surface area contributed by atoms with Gasteiger partial charge in [0.15, 0.2) is 0 Å². The fraction of sp³-hybridized carbons (Fsp3) is 0.429. The summed E-state index contributed by atoms with van der Waals surface area (Å²) in [5.41, 5.74) is 2.21. The van der Waals surface area contributed by atoms with Gasteiger partial charge < -0.3 is 15.7 Å². The van der Waals surface area contributed by atoms with Crippen molar-refractivity contribution in [3.63, 3.8) is 0 Å². The molecule has 0 aromatic heterocycles. The molecule has 2 rings (SSSR count). The molecule has 0 bridgehead atoms. The van der Waals surface area contributed by atoms with E-state index in [1.165, 1.54) is 0 Å². The summed E-state index contributed by atoms with van der Waals surface area (Å²) < 4.78 is 0. The van der Waals surface area contributed by atoms with Crippen LogP contribution in [0.1, 0.15) is 29.3 Å². The van der Waals surface area contributed by atoms with Gasteiger partial charge in [-0.25, -0.2) is 0 Å². The quantitative estimate of drug-likeness (QED) is 0.738. The van der Waals surface area contributed by atoms with E-state index in [1.54, 1.807) is 18.2 Å². The summed E-state index contributed by atoms with van der Waals surface area (Å²) >= 11 is 0. The Morgan fingerprint density at radius 2 is 2.32 bits per heavy atom. The second kappa shape index (κ2) is 5.84. The maximum Gasteiger partial charge on any atom is 0.251 e. The molecule has 1 heterocycles. The molecule has 19 heavy (non-hydrogen) atoms. The van der Waals surface area contributed by atoms with Gasteiger partial charge in [0.2, 0.25) is 5.91 Å². The largest absolute Gasteiger partial charge is 0.396 e. The van der Waals surface area contributed by atoms with Crippen molar-refractivity contribution < 1.29 is 14.7 Å². The lowest BCUT2D eigenvalue weighted by atomic mass is 10.1. The van der Waals surface area contributed by atoms with Crippen molar-refractivity contribution in [1.82, 2.24) is 5.32 Å². The second-order valence-electron chi connectivity index (χ2n) is 4.92. The van der Waals surface area contributed by atoms with E-state index in [0.717, 1.165) is 11.3 Å². The highest BCUT2D eigenvalue weighted by atomic mass is 16.3. The Kier molecular flexibility index (Phi) is 4.16. The van der Waals surface area contributed by atoms with Crippen molar-refractivity contribution in [2.24, 2.45) is 5.92 Å². The van der Waals surface area contributed by atoms with E-state index in [0.29, 0.717) is 24.9 Å². The zero-order chi connectivity index (χ0) is 13.8. The van der Waals surface area contributed by atoms with Crippen molar-refractivity contribution >= 4 is 17.5 Å². The van der Waals surface area contributed by atoms with E-state index in [1.807, 2.05) is 6.92 Å². The standard InChI is InChI=1S/C14H18N2O3/c1-9(4-5-17)8-15-14(19)10-2-3-12-11(6-10)7-13(18)16-12/h2-3,6,9,17H,4-5,7-8H2,1H3,(H,15,19)(H,16,18). The van der Waals surface area contributed by atoms with Crippen molar-refractivity contribution in [2.45, 2.75) is 19.8 Å². The first kappa shape index (κ1) is 13.5. The van der Waals surface area contributed by atoms with E-state index in [4.69, 9.17) is 5.11 Å². The fourth-order valence-corrected chi connectivity index (χ4v) is 2.06. The molecule has 0 aliphatic carbocycles. The lowest BCUT2D eigenvalue weighted by molar-refractivity contribution is -0.115. The van der Waals surface area contributed by atoms with Gasteiger partial charge in [0.05, 0.1) is 6.42 Å². The molecular formula is C14H18N2O3. The monoisotopic (exact) mass is 262 g/mol. The Balaban J connectivity index is 1.97. The number of anilines is 1. The average molecular weight is 262 g/mol. The first-order valence-corrected chi connectivity index (χ1v) is 6.42. The van der Waals surface area contributed by atoms with Crippen LogP contribution in [0.3, 0.4) is 0 Å². The minimum absolute atomic E-state index is 0.0378. The van der Waals surface area contributed by atoms with Crippen LogP contribution in [-0.4, -0.2) is 30.1 Å². The number of nitrogens with one attached hydrogen (secondary N) is 2. The van der Waals surface area contributed by atoms with E-state index < -0.39 is 0 Å². The molecule has 0 radical (unpaired) electrons. The van der Waals surface area contributed by atoms with Gasteiger partial charge in [-0.1, -0.05) is 6.92 Å². The molecule has 1 atom stereocenters. The van der Waals surface area contributed by atoms with Gasteiger partial charge >= 0.3 is 0 Å². The van der Waals surface area contributed by atoms with Gasteiger partial charge in [-0.15, -0.1) is 0 Å². The molecule has 2 amide bonds. The number of hydrogen-bond donors (Lipinski definition) is 3. The van der Waals surface area contributed by atoms with Crippen molar-refractivity contribution in [1.29, 1.82) is 0 Å². The summed E-state index contributed by atoms with van der Waals surface area (Å²) in [5, 5.41) is 14.4. The van der Waals surface area contributed by atoms with E-state index in [2.05, 4.69) is 10.6 Å². The number of hydrogen-bond acceptors (Lipinski definition) is 3. The predicted octanol–water partition coefficient (Wildman–Crippen LogP) is 0.929. The third kappa shape index (κ3) is 3.32. The van der Waals surface area contributed by atoms with E-state index in [9.17, 15) is 9.59 Å². The van der Waals surface area contributed by atoms with Crippen molar-refractivity contribution in [3.05, 3.63) is 29.3 Å². The Hall–Kier alpha value is -1.88. The highest BCUT2D eigenvalue weighted by Crippen LogP contribution is 2.23. The van der Waals surface area contributed by atoms with Crippen molar-refractivity contribution in [2.75, 3.05) is 18.5 Å². The molecule has 1 aromatic carbocycles. The molecular weight excluding hydrogens is 244 g/mol. The molecule has 1 unspecified atom stereocenters. The molecule has 0 saturated carbocycles. The summed E-state index contributed by atoms with van der Waals surface area (Å²) in [7, 11) is 0. The molecule has 1 aliphatic rings. The Labute approximate surface area is 112 Å². The fourth-order valence-electron chi connectivity index (χ4n) is 2.06. The van der Waals surface area contributed by atoms with Crippen LogP contribution in [0.5, 0.6) is 0 Å². The lowest BCUT2D eigenvalue weighted by Crippen LogP contribution is -2.28. The number of carbonyl (C=O) groups excluding carboxylic acids is 2. The van der Waals surface area contributed by atoms with Crippen LogP contribution < -0.4 is 10.6 Å². The van der Waals surface area contributed by atoms with Crippen LogP contribution in [0.25, 0.3) is 0 Å². The highest BCUT2D eigenvalue weighted by molar-refractivity contribution is 6.01. The van der Waals surface area contributed by atoms with E-state index in [-0.39, 0.29) is 24.3 Å². The Bertz CT molecular complexity index is 499. The van der Waals surface area contributed by atoms with Gasteiger partial charge in [0.25, 0.3) is 5.91 Å². The van der Waals surface area contributed by atoms with Crippen LogP contribution >= 0.6 is 0 Å². The minimum atomic E-state index is -0.146. The molecule has 0 saturated heterocycles. The maximum atomic E-state index is 12.0. The van der Waals surface area contributed by atoms with Gasteiger partial charge in [-0.05, 0) is 36.1 Å². The molecule has 0 spiro atoms. The van der Waals surface area contributed by atoms with Gasteiger partial charge in [-0.3, -0.25) is 9.59 Å². The predicted molar refractivity (Wildman–Crippen MR) is 72.0 cm³/mol. The smallest absolute Gasteiger partial charge is 0.251 e. The van der Waals surface area contributed by atoms with Crippen molar-refractivity contribution in [3.8, 4) is 0 Å². The number of aliphatic hydroxyl groups excluding tert-OH is 1. The highest BCUT2D eigenvalue weighted by Gasteiger charge is 2.19. The molecule has 1 aliphatic heterocycles. The number of fused-ring (bicyclic) bond motifs is 1. The third-order valence-electron chi connectivity index (χ3n) is 3.23. The molecule has 3 N–H and O–H groups in total. The third-order valence-corrected chi connectivity index (χ3v) is 3.23. The topological polar surface area (TPSA) is 78.4 Å². The Morgan fingerprint density at radius 3 is 3.05 bits per heavy atom. The summed E-state index contributed by atoms with van der Waals surface area (Å²) in [5.74, 6) is 0.0580. The number of rotatable bonds is 5. The zero-order valence-electron chi connectivity index (χ0n) is 10.9. The van der Waals surface area contributed by atoms with Crippen LogP contribution in [0.4, 0.5) is 5.69 Å². The summed E-state index contributed by atoms with van der Waals surface area (Å²) in [6.07, 6.45) is 1.00. The van der Waals surface area contributed by atoms with Gasteiger partial charge in [-0.2, -0.15) is 0 Å². The summed E-state index contributed by atoms with van der Waals surface area (Å²) in [4.78, 5) is 23.2. The number of amides is 2. The van der Waals surface area contributed by atoms with Crippen LogP contribution in [0, 0.1) is 5.92 Å². The van der Waals surface area contributed by atoms with Crippen LogP contribution in [0.15, 0.2) is 18.2 Å². The molecule has 5 nitrogen and oxygen atoms in total. The van der Waals surface area contributed by atoms with Crippen LogP contribution in [0.2, 0.25) is 0 Å². The number of aliphatic hydroxyl groups is 1.